The maximum absolute atomic E-state index is 11.6. The van der Waals surface area contributed by atoms with Crippen LogP contribution in [0.4, 0.5) is 0 Å². The molecule has 0 aliphatic heterocycles. The number of pyridine rings is 1. The summed E-state index contributed by atoms with van der Waals surface area (Å²) in [6.07, 6.45) is 0. The lowest BCUT2D eigenvalue weighted by Gasteiger charge is -2.18. The standard InChI is InChI=1S/C13H19NO2/c1-6-16-12(15)10-7-8-11(13(3,4)5)14-9(10)2/h7-8H,6H2,1-5H3. The molecule has 1 heterocycles. The highest BCUT2D eigenvalue weighted by Gasteiger charge is 2.18. The molecule has 0 amide bonds. The molecule has 0 aromatic carbocycles. The fourth-order valence-corrected chi connectivity index (χ4v) is 1.40. The number of carbonyl (C=O) groups excluding carboxylic acids is 1. The molecule has 1 rings (SSSR count). The van der Waals surface area contributed by atoms with E-state index in [0.29, 0.717) is 12.2 Å². The van der Waals surface area contributed by atoms with E-state index in [2.05, 4.69) is 25.8 Å². The largest absolute Gasteiger partial charge is 0.462 e. The maximum atomic E-state index is 11.6. The number of nitrogens with zero attached hydrogens (tertiary/aromatic N) is 1. The van der Waals surface area contributed by atoms with E-state index in [-0.39, 0.29) is 11.4 Å². The molecule has 0 unspecified atom stereocenters. The zero-order valence-electron chi connectivity index (χ0n) is 10.6. The van der Waals surface area contributed by atoms with E-state index < -0.39 is 0 Å². The molecule has 0 N–H and O–H groups in total. The average molecular weight is 221 g/mol. The van der Waals surface area contributed by atoms with Crippen molar-refractivity contribution in [2.24, 2.45) is 0 Å². The molecule has 16 heavy (non-hydrogen) atoms. The molecular weight excluding hydrogens is 202 g/mol. The first-order valence-electron chi connectivity index (χ1n) is 5.51. The van der Waals surface area contributed by atoms with Crippen molar-refractivity contribution in [3.63, 3.8) is 0 Å². The van der Waals surface area contributed by atoms with Gasteiger partial charge in [0, 0.05) is 11.1 Å². The first-order chi connectivity index (χ1) is 7.36. The molecule has 0 fully saturated rings. The monoisotopic (exact) mass is 221 g/mol. The van der Waals surface area contributed by atoms with Crippen LogP contribution < -0.4 is 0 Å². The number of hydrogen-bond donors (Lipinski definition) is 0. The van der Waals surface area contributed by atoms with Crippen molar-refractivity contribution in [2.45, 2.75) is 40.0 Å². The second-order valence-electron chi connectivity index (χ2n) is 4.80. The van der Waals surface area contributed by atoms with E-state index in [4.69, 9.17) is 4.74 Å². The summed E-state index contributed by atoms with van der Waals surface area (Å²) in [4.78, 5) is 16.0. The third-order valence-corrected chi connectivity index (χ3v) is 2.35. The Hall–Kier alpha value is -1.38. The third kappa shape index (κ3) is 2.81. The van der Waals surface area contributed by atoms with E-state index in [0.717, 1.165) is 11.4 Å². The number of rotatable bonds is 2. The van der Waals surface area contributed by atoms with Crippen LogP contribution in [0.25, 0.3) is 0 Å². The Morgan fingerprint density at radius 3 is 2.44 bits per heavy atom. The summed E-state index contributed by atoms with van der Waals surface area (Å²) < 4.78 is 4.96. The summed E-state index contributed by atoms with van der Waals surface area (Å²) in [7, 11) is 0. The molecule has 0 aliphatic carbocycles. The minimum Gasteiger partial charge on any atom is -0.462 e. The fraction of sp³-hybridized carbons (Fsp3) is 0.538. The van der Waals surface area contributed by atoms with Crippen LogP contribution in [0.3, 0.4) is 0 Å². The van der Waals surface area contributed by atoms with Gasteiger partial charge in [0.2, 0.25) is 0 Å². The Balaban J connectivity index is 3.05. The van der Waals surface area contributed by atoms with Gasteiger partial charge in [-0.15, -0.1) is 0 Å². The topological polar surface area (TPSA) is 39.2 Å². The van der Waals surface area contributed by atoms with E-state index >= 15 is 0 Å². The highest BCUT2D eigenvalue weighted by Crippen LogP contribution is 2.21. The molecule has 1 aromatic rings. The van der Waals surface area contributed by atoms with Crippen molar-refractivity contribution in [3.8, 4) is 0 Å². The van der Waals surface area contributed by atoms with Crippen molar-refractivity contribution in [1.82, 2.24) is 4.98 Å². The molecule has 3 heteroatoms. The number of esters is 1. The minimum atomic E-state index is -0.298. The number of hydrogen-bond acceptors (Lipinski definition) is 3. The Kier molecular flexibility index (Phi) is 3.68. The molecule has 0 spiro atoms. The number of aryl methyl sites for hydroxylation is 1. The SMILES string of the molecule is CCOC(=O)c1ccc(C(C)(C)C)nc1C. The molecule has 3 nitrogen and oxygen atoms in total. The maximum Gasteiger partial charge on any atom is 0.339 e. The molecule has 0 aliphatic rings. The highest BCUT2D eigenvalue weighted by atomic mass is 16.5. The lowest BCUT2D eigenvalue weighted by molar-refractivity contribution is 0.0525. The van der Waals surface area contributed by atoms with Crippen molar-refractivity contribution in [3.05, 3.63) is 29.1 Å². The predicted octanol–water partition coefficient (Wildman–Crippen LogP) is 2.86. The zero-order chi connectivity index (χ0) is 12.3. The third-order valence-electron chi connectivity index (χ3n) is 2.35. The quantitative estimate of drug-likeness (QED) is 0.721. The van der Waals surface area contributed by atoms with Crippen LogP contribution >= 0.6 is 0 Å². The lowest BCUT2D eigenvalue weighted by atomic mass is 9.91. The van der Waals surface area contributed by atoms with Crippen LogP contribution in [-0.4, -0.2) is 17.6 Å². The van der Waals surface area contributed by atoms with Gasteiger partial charge in [-0.05, 0) is 26.0 Å². The zero-order valence-corrected chi connectivity index (χ0v) is 10.6. The van der Waals surface area contributed by atoms with E-state index in [1.54, 1.807) is 13.0 Å². The van der Waals surface area contributed by atoms with Gasteiger partial charge in [-0.1, -0.05) is 20.8 Å². The van der Waals surface area contributed by atoms with Crippen molar-refractivity contribution >= 4 is 5.97 Å². The summed E-state index contributed by atoms with van der Waals surface area (Å²) in [5, 5.41) is 0. The molecule has 1 aromatic heterocycles. The summed E-state index contributed by atoms with van der Waals surface area (Å²) in [6.45, 7) is 10.3. The summed E-state index contributed by atoms with van der Waals surface area (Å²) >= 11 is 0. The molecular formula is C13H19NO2. The van der Waals surface area contributed by atoms with Gasteiger partial charge in [-0.3, -0.25) is 4.98 Å². The van der Waals surface area contributed by atoms with Gasteiger partial charge < -0.3 is 4.74 Å². The Bertz CT molecular complexity index is 391. The van der Waals surface area contributed by atoms with Crippen LogP contribution in [0.5, 0.6) is 0 Å². The number of aromatic nitrogens is 1. The van der Waals surface area contributed by atoms with Crippen LogP contribution in [0.15, 0.2) is 12.1 Å². The van der Waals surface area contributed by atoms with Crippen LogP contribution in [0, 0.1) is 6.92 Å². The number of carbonyl (C=O) groups is 1. The molecule has 0 atom stereocenters. The van der Waals surface area contributed by atoms with Crippen LogP contribution in [0.1, 0.15) is 49.4 Å². The second-order valence-corrected chi connectivity index (χ2v) is 4.80. The van der Waals surface area contributed by atoms with E-state index in [1.807, 2.05) is 13.0 Å². The fourth-order valence-electron chi connectivity index (χ4n) is 1.40. The van der Waals surface area contributed by atoms with Crippen LogP contribution in [-0.2, 0) is 10.2 Å². The summed E-state index contributed by atoms with van der Waals surface area (Å²) in [5.41, 5.74) is 2.26. The highest BCUT2D eigenvalue weighted by molar-refractivity contribution is 5.90. The lowest BCUT2D eigenvalue weighted by Crippen LogP contribution is -2.16. The average Bonchev–Trinajstić information content (AvgIpc) is 2.16. The number of ether oxygens (including phenoxy) is 1. The van der Waals surface area contributed by atoms with Crippen molar-refractivity contribution < 1.29 is 9.53 Å². The Morgan fingerprint density at radius 2 is 2.00 bits per heavy atom. The second kappa shape index (κ2) is 4.64. The molecule has 88 valence electrons. The van der Waals surface area contributed by atoms with Gasteiger partial charge in [0.15, 0.2) is 0 Å². The van der Waals surface area contributed by atoms with Crippen molar-refractivity contribution in [1.29, 1.82) is 0 Å². The van der Waals surface area contributed by atoms with Gasteiger partial charge in [-0.2, -0.15) is 0 Å². The van der Waals surface area contributed by atoms with Gasteiger partial charge in [0.25, 0.3) is 0 Å². The van der Waals surface area contributed by atoms with Crippen LogP contribution in [0.2, 0.25) is 0 Å². The van der Waals surface area contributed by atoms with Gasteiger partial charge in [0.05, 0.1) is 17.9 Å². The molecule has 0 radical (unpaired) electrons. The van der Waals surface area contributed by atoms with Gasteiger partial charge >= 0.3 is 5.97 Å². The summed E-state index contributed by atoms with van der Waals surface area (Å²) in [6, 6.07) is 3.68. The Morgan fingerprint density at radius 1 is 1.38 bits per heavy atom. The van der Waals surface area contributed by atoms with Crippen molar-refractivity contribution in [2.75, 3.05) is 6.61 Å². The minimum absolute atomic E-state index is 0.00203. The smallest absolute Gasteiger partial charge is 0.339 e. The predicted molar refractivity (Wildman–Crippen MR) is 63.6 cm³/mol. The van der Waals surface area contributed by atoms with Gasteiger partial charge in [0.1, 0.15) is 0 Å². The van der Waals surface area contributed by atoms with Gasteiger partial charge in [-0.25, -0.2) is 4.79 Å². The normalized spacial score (nSPS) is 11.3. The molecule has 0 saturated carbocycles. The van der Waals surface area contributed by atoms with E-state index in [1.165, 1.54) is 0 Å². The van der Waals surface area contributed by atoms with E-state index in [9.17, 15) is 4.79 Å². The molecule has 0 saturated heterocycles. The summed E-state index contributed by atoms with van der Waals surface area (Å²) in [5.74, 6) is -0.298. The Labute approximate surface area is 96.8 Å². The molecule has 0 bridgehead atoms. The first kappa shape index (κ1) is 12.7. The first-order valence-corrected chi connectivity index (χ1v) is 5.51.